The summed E-state index contributed by atoms with van der Waals surface area (Å²) < 4.78 is 0. The summed E-state index contributed by atoms with van der Waals surface area (Å²) in [5, 5.41) is 4.20. The Balaban J connectivity index is 2.12. The second-order valence-corrected chi connectivity index (χ2v) is 7.03. The summed E-state index contributed by atoms with van der Waals surface area (Å²) in [6, 6.07) is 4.51. The van der Waals surface area contributed by atoms with E-state index in [-0.39, 0.29) is 0 Å². The van der Waals surface area contributed by atoms with E-state index in [1.54, 1.807) is 0 Å². The maximum Gasteiger partial charge on any atom is 0.129 e. The Morgan fingerprint density at radius 2 is 2.25 bits per heavy atom. The van der Waals surface area contributed by atoms with Gasteiger partial charge in [-0.15, -0.1) is 0 Å². The Kier molecular flexibility index (Phi) is 6.17. The fourth-order valence-electron chi connectivity index (χ4n) is 2.51. The first-order valence-corrected chi connectivity index (χ1v) is 8.85. The fourth-order valence-corrected chi connectivity index (χ4v) is 3.53. The van der Waals surface area contributed by atoms with Gasteiger partial charge in [0.25, 0.3) is 0 Å². The highest BCUT2D eigenvalue weighted by Gasteiger charge is 2.18. The number of rotatable bonds is 6. The van der Waals surface area contributed by atoms with Crippen molar-refractivity contribution < 1.29 is 0 Å². The molecule has 4 heteroatoms. The zero-order valence-corrected chi connectivity index (χ0v) is 13.8. The molecule has 0 amide bonds. The fraction of sp³-hybridized carbons (Fsp3) is 0.688. The largest absolute Gasteiger partial charge is 0.355 e. The van der Waals surface area contributed by atoms with Crippen LogP contribution in [0.25, 0.3) is 0 Å². The van der Waals surface area contributed by atoms with Crippen LogP contribution in [0.3, 0.4) is 0 Å². The molecular weight excluding hydrogens is 266 g/mol. The molecule has 2 heterocycles. The number of pyridine rings is 1. The van der Waals surface area contributed by atoms with Crippen molar-refractivity contribution >= 4 is 17.6 Å². The third kappa shape index (κ3) is 4.38. The molecule has 1 aromatic heterocycles. The second-order valence-electron chi connectivity index (χ2n) is 5.48. The van der Waals surface area contributed by atoms with Crippen LogP contribution in [0.5, 0.6) is 0 Å². The van der Waals surface area contributed by atoms with E-state index >= 15 is 0 Å². The molecule has 0 aromatic carbocycles. The molecule has 0 bridgehead atoms. The van der Waals surface area contributed by atoms with Gasteiger partial charge in [0.1, 0.15) is 5.82 Å². The first-order chi connectivity index (χ1) is 9.72. The Morgan fingerprint density at radius 1 is 1.40 bits per heavy atom. The predicted molar refractivity (Wildman–Crippen MR) is 89.7 cm³/mol. The Bertz CT molecular complexity index is 422. The van der Waals surface area contributed by atoms with Gasteiger partial charge in [0.15, 0.2) is 0 Å². The summed E-state index contributed by atoms with van der Waals surface area (Å²) in [6.07, 6.45) is 2.19. The third-order valence-electron chi connectivity index (χ3n) is 3.61. The number of aryl methyl sites for hydroxylation is 1. The minimum atomic E-state index is 0.706. The molecule has 1 N–H and O–H groups in total. The Labute approximate surface area is 127 Å². The van der Waals surface area contributed by atoms with E-state index in [1.165, 1.54) is 29.2 Å². The van der Waals surface area contributed by atoms with Gasteiger partial charge in [0.2, 0.25) is 0 Å². The monoisotopic (exact) mass is 293 g/mol. The number of thioether (sulfide) groups is 1. The van der Waals surface area contributed by atoms with E-state index in [2.05, 4.69) is 54.9 Å². The van der Waals surface area contributed by atoms with Crippen LogP contribution in [0.15, 0.2) is 12.1 Å². The quantitative estimate of drug-likeness (QED) is 0.816. The molecule has 1 fully saturated rings. The van der Waals surface area contributed by atoms with Crippen molar-refractivity contribution in [3.63, 3.8) is 0 Å². The molecule has 1 aliphatic heterocycles. The summed E-state index contributed by atoms with van der Waals surface area (Å²) in [5.74, 6) is 2.38. The van der Waals surface area contributed by atoms with Gasteiger partial charge in [0, 0.05) is 36.3 Å². The van der Waals surface area contributed by atoms with Gasteiger partial charge >= 0.3 is 0 Å². The van der Waals surface area contributed by atoms with Crippen LogP contribution in [0.1, 0.15) is 38.4 Å². The van der Waals surface area contributed by atoms with Crippen LogP contribution in [-0.2, 0) is 13.0 Å². The average molecular weight is 293 g/mol. The molecule has 1 aromatic rings. The van der Waals surface area contributed by atoms with Gasteiger partial charge < -0.3 is 10.2 Å². The molecule has 1 atom stereocenters. The highest BCUT2D eigenvalue weighted by atomic mass is 32.2. The second kappa shape index (κ2) is 7.89. The van der Waals surface area contributed by atoms with Gasteiger partial charge in [-0.25, -0.2) is 4.98 Å². The van der Waals surface area contributed by atoms with Crippen LogP contribution in [0.4, 0.5) is 5.82 Å². The van der Waals surface area contributed by atoms with Crippen molar-refractivity contribution in [1.82, 2.24) is 10.3 Å². The van der Waals surface area contributed by atoms with Crippen molar-refractivity contribution in [3.05, 3.63) is 23.4 Å². The van der Waals surface area contributed by atoms with Crippen LogP contribution in [-0.4, -0.2) is 35.6 Å². The zero-order valence-electron chi connectivity index (χ0n) is 13.0. The highest BCUT2D eigenvalue weighted by molar-refractivity contribution is 8.00. The van der Waals surface area contributed by atoms with Crippen LogP contribution in [0.2, 0.25) is 0 Å². The lowest BCUT2D eigenvalue weighted by Gasteiger charge is -2.32. The normalized spacial score (nSPS) is 19.4. The summed E-state index contributed by atoms with van der Waals surface area (Å²) in [6.45, 7) is 11.0. The summed E-state index contributed by atoms with van der Waals surface area (Å²) >= 11 is 2.07. The topological polar surface area (TPSA) is 28.2 Å². The van der Waals surface area contributed by atoms with Gasteiger partial charge in [-0.3, -0.25) is 0 Å². The van der Waals surface area contributed by atoms with E-state index in [9.17, 15) is 0 Å². The lowest BCUT2D eigenvalue weighted by atomic mass is 10.2. The van der Waals surface area contributed by atoms with Crippen molar-refractivity contribution in [2.75, 3.05) is 30.3 Å². The molecule has 0 radical (unpaired) electrons. The molecular formula is C16H27N3S. The maximum absolute atomic E-state index is 4.83. The SMILES string of the molecule is CCCNCc1cc(CC)nc(N2CCSC(C)C2)c1. The van der Waals surface area contributed by atoms with Gasteiger partial charge in [0.05, 0.1) is 0 Å². The number of nitrogens with zero attached hydrogens (tertiary/aromatic N) is 2. The Morgan fingerprint density at radius 3 is 2.95 bits per heavy atom. The van der Waals surface area contributed by atoms with Crippen molar-refractivity contribution in [2.45, 2.75) is 45.4 Å². The number of hydrogen-bond donors (Lipinski definition) is 1. The van der Waals surface area contributed by atoms with E-state index in [4.69, 9.17) is 4.98 Å². The lowest BCUT2D eigenvalue weighted by Crippen LogP contribution is -2.37. The zero-order chi connectivity index (χ0) is 14.4. The molecule has 1 saturated heterocycles. The Hall–Kier alpha value is -0.740. The number of hydrogen-bond acceptors (Lipinski definition) is 4. The van der Waals surface area contributed by atoms with Crippen LogP contribution >= 0.6 is 11.8 Å². The number of anilines is 1. The minimum absolute atomic E-state index is 0.706. The number of nitrogens with one attached hydrogen (secondary N) is 1. The smallest absolute Gasteiger partial charge is 0.129 e. The molecule has 0 aliphatic carbocycles. The van der Waals surface area contributed by atoms with Gasteiger partial charge in [-0.1, -0.05) is 20.8 Å². The summed E-state index contributed by atoms with van der Waals surface area (Å²) in [7, 11) is 0. The molecule has 112 valence electrons. The number of aromatic nitrogens is 1. The summed E-state index contributed by atoms with van der Waals surface area (Å²) in [5.41, 5.74) is 2.58. The lowest BCUT2D eigenvalue weighted by molar-refractivity contribution is 0.672. The highest BCUT2D eigenvalue weighted by Crippen LogP contribution is 2.23. The van der Waals surface area contributed by atoms with Crippen molar-refractivity contribution in [1.29, 1.82) is 0 Å². The molecule has 0 spiro atoms. The third-order valence-corrected chi connectivity index (χ3v) is 4.74. The van der Waals surface area contributed by atoms with Crippen LogP contribution < -0.4 is 10.2 Å². The standard InChI is InChI=1S/C16H27N3S/c1-4-6-17-11-14-9-15(5-2)18-16(10-14)19-7-8-20-13(3)12-19/h9-10,13,17H,4-8,11-12H2,1-3H3. The molecule has 1 unspecified atom stereocenters. The molecule has 1 aliphatic rings. The molecule has 0 saturated carbocycles. The first-order valence-electron chi connectivity index (χ1n) is 7.80. The molecule has 20 heavy (non-hydrogen) atoms. The van der Waals surface area contributed by atoms with E-state index < -0.39 is 0 Å². The van der Waals surface area contributed by atoms with E-state index in [1.807, 2.05) is 0 Å². The first kappa shape index (κ1) is 15.6. The van der Waals surface area contributed by atoms with Crippen LogP contribution in [0, 0.1) is 0 Å². The minimum Gasteiger partial charge on any atom is -0.355 e. The van der Waals surface area contributed by atoms with Gasteiger partial charge in [-0.2, -0.15) is 11.8 Å². The van der Waals surface area contributed by atoms with Gasteiger partial charge in [-0.05, 0) is 37.1 Å². The molecule has 2 rings (SSSR count). The predicted octanol–water partition coefficient (Wildman–Crippen LogP) is 3.09. The average Bonchev–Trinajstić information content (AvgIpc) is 2.47. The molecule has 3 nitrogen and oxygen atoms in total. The maximum atomic E-state index is 4.83. The van der Waals surface area contributed by atoms with Crippen molar-refractivity contribution in [2.24, 2.45) is 0 Å². The van der Waals surface area contributed by atoms with E-state index in [0.717, 1.165) is 32.6 Å². The van der Waals surface area contributed by atoms with Crippen molar-refractivity contribution in [3.8, 4) is 0 Å². The van der Waals surface area contributed by atoms with E-state index in [0.29, 0.717) is 5.25 Å². The summed E-state index contributed by atoms with van der Waals surface area (Å²) in [4.78, 5) is 7.28.